The smallest absolute Gasteiger partial charge is 0.387 e. The van der Waals surface area contributed by atoms with Crippen LogP contribution in [-0.4, -0.2) is 29.1 Å². The van der Waals surface area contributed by atoms with E-state index in [1.807, 2.05) is 0 Å². The van der Waals surface area contributed by atoms with Gasteiger partial charge in [-0.05, 0) is 55.5 Å². The number of alkyl halides is 2. The largest absolute Gasteiger partial charge is 0.489 e. The van der Waals surface area contributed by atoms with Crippen molar-refractivity contribution in [2.75, 3.05) is 6.61 Å². The Balaban J connectivity index is 1.44. The fourth-order valence-electron chi connectivity index (χ4n) is 3.31. The first-order valence-corrected chi connectivity index (χ1v) is 10.4. The molecule has 1 aliphatic carbocycles. The Morgan fingerprint density at radius 2 is 2.12 bits per heavy atom. The molecule has 2 aromatic heterocycles. The summed E-state index contributed by atoms with van der Waals surface area (Å²) in [7, 11) is 0. The van der Waals surface area contributed by atoms with Gasteiger partial charge in [0.2, 0.25) is 5.89 Å². The zero-order chi connectivity index (χ0) is 22.5. The van der Waals surface area contributed by atoms with Crippen LogP contribution < -0.4 is 14.8 Å². The molecule has 1 fully saturated rings. The Morgan fingerprint density at radius 3 is 2.84 bits per heavy atom. The topological polar surface area (TPSA) is 86.5 Å². The van der Waals surface area contributed by atoms with Crippen molar-refractivity contribution in [2.24, 2.45) is 5.92 Å². The minimum atomic E-state index is -2.98. The number of hydrogen-bond donors (Lipinski definition) is 1. The summed E-state index contributed by atoms with van der Waals surface area (Å²) in [4.78, 5) is 20.7. The number of halogens is 2. The maximum absolute atomic E-state index is 12.9. The van der Waals surface area contributed by atoms with Crippen LogP contribution in [-0.2, 0) is 6.54 Å². The lowest BCUT2D eigenvalue weighted by atomic mass is 9.86. The SMILES string of the molecule is Cc1cccnc1C(=O)NCc1coc(-c2ccc(OCC3CCC3)c(OC(F)F)c2)n1. The molecule has 2 heterocycles. The molecule has 0 spiro atoms. The van der Waals surface area contributed by atoms with E-state index in [4.69, 9.17) is 9.15 Å². The predicted octanol–water partition coefficient (Wildman–Crippen LogP) is 4.76. The lowest BCUT2D eigenvalue weighted by molar-refractivity contribution is -0.0517. The zero-order valence-electron chi connectivity index (χ0n) is 17.5. The number of ether oxygens (including phenoxy) is 2. The molecule has 32 heavy (non-hydrogen) atoms. The van der Waals surface area contributed by atoms with E-state index in [1.165, 1.54) is 18.8 Å². The Kier molecular flexibility index (Phi) is 6.63. The molecular weight excluding hydrogens is 420 g/mol. The summed E-state index contributed by atoms with van der Waals surface area (Å²) in [6.07, 6.45) is 6.28. The summed E-state index contributed by atoms with van der Waals surface area (Å²) in [6, 6.07) is 8.20. The lowest BCUT2D eigenvalue weighted by Gasteiger charge is -2.25. The van der Waals surface area contributed by atoms with Crippen LogP contribution in [0, 0.1) is 12.8 Å². The molecule has 0 atom stereocenters. The number of rotatable bonds is 9. The second-order valence-electron chi connectivity index (χ2n) is 7.64. The molecule has 0 aliphatic heterocycles. The summed E-state index contributed by atoms with van der Waals surface area (Å²) >= 11 is 0. The quantitative estimate of drug-likeness (QED) is 0.513. The van der Waals surface area contributed by atoms with E-state index in [2.05, 4.69) is 20.0 Å². The summed E-state index contributed by atoms with van der Waals surface area (Å²) in [5, 5.41) is 2.74. The highest BCUT2D eigenvalue weighted by Crippen LogP contribution is 2.35. The molecule has 1 saturated carbocycles. The first kappa shape index (κ1) is 21.7. The van der Waals surface area contributed by atoms with Crippen molar-refractivity contribution in [3.63, 3.8) is 0 Å². The van der Waals surface area contributed by atoms with Crippen LogP contribution >= 0.6 is 0 Å². The Morgan fingerprint density at radius 1 is 1.28 bits per heavy atom. The maximum Gasteiger partial charge on any atom is 0.387 e. The Hall–Kier alpha value is -3.49. The number of nitrogens with zero attached hydrogens (tertiary/aromatic N) is 2. The highest BCUT2D eigenvalue weighted by atomic mass is 19.3. The molecule has 3 aromatic rings. The summed E-state index contributed by atoms with van der Waals surface area (Å²) in [5.41, 5.74) is 2.03. The molecular formula is C23H23F2N3O4. The van der Waals surface area contributed by atoms with Crippen molar-refractivity contribution in [2.45, 2.75) is 39.3 Å². The van der Waals surface area contributed by atoms with Crippen LogP contribution in [0.5, 0.6) is 11.5 Å². The van der Waals surface area contributed by atoms with Gasteiger partial charge >= 0.3 is 6.61 Å². The van der Waals surface area contributed by atoms with Gasteiger partial charge in [-0.3, -0.25) is 9.78 Å². The normalized spacial score (nSPS) is 13.6. The number of pyridine rings is 1. The van der Waals surface area contributed by atoms with E-state index in [-0.39, 0.29) is 29.8 Å². The van der Waals surface area contributed by atoms with Gasteiger partial charge in [0.25, 0.3) is 5.91 Å². The molecule has 1 N–H and O–H groups in total. The van der Waals surface area contributed by atoms with Gasteiger partial charge in [-0.1, -0.05) is 12.5 Å². The summed E-state index contributed by atoms with van der Waals surface area (Å²) in [6.45, 7) is -0.588. The van der Waals surface area contributed by atoms with Crippen molar-refractivity contribution < 1.29 is 27.5 Å². The van der Waals surface area contributed by atoms with E-state index in [9.17, 15) is 13.6 Å². The Bertz CT molecular complexity index is 1080. The van der Waals surface area contributed by atoms with Crippen LogP contribution in [0.2, 0.25) is 0 Å². The fourth-order valence-corrected chi connectivity index (χ4v) is 3.31. The summed E-state index contributed by atoms with van der Waals surface area (Å²) in [5.74, 6) is 0.524. The minimum absolute atomic E-state index is 0.0736. The number of aromatic nitrogens is 2. The number of amides is 1. The molecule has 0 radical (unpaired) electrons. The van der Waals surface area contributed by atoms with Crippen molar-refractivity contribution in [3.05, 3.63) is 59.7 Å². The van der Waals surface area contributed by atoms with Gasteiger partial charge in [-0.2, -0.15) is 8.78 Å². The molecule has 0 bridgehead atoms. The molecule has 1 aliphatic rings. The fraction of sp³-hybridized carbons (Fsp3) is 0.348. The zero-order valence-corrected chi connectivity index (χ0v) is 17.5. The number of carbonyl (C=O) groups is 1. The van der Waals surface area contributed by atoms with Gasteiger partial charge in [0.1, 0.15) is 12.0 Å². The number of carbonyl (C=O) groups excluding carboxylic acids is 1. The van der Waals surface area contributed by atoms with Crippen LogP contribution in [0.3, 0.4) is 0 Å². The molecule has 1 amide bonds. The van der Waals surface area contributed by atoms with Gasteiger partial charge in [0.05, 0.1) is 18.8 Å². The first-order chi connectivity index (χ1) is 15.5. The van der Waals surface area contributed by atoms with Crippen molar-refractivity contribution in [3.8, 4) is 23.0 Å². The van der Waals surface area contributed by atoms with Crippen molar-refractivity contribution >= 4 is 5.91 Å². The van der Waals surface area contributed by atoms with Gasteiger partial charge in [-0.15, -0.1) is 0 Å². The molecule has 168 valence electrons. The highest BCUT2D eigenvalue weighted by Gasteiger charge is 2.20. The van der Waals surface area contributed by atoms with E-state index in [1.54, 1.807) is 37.4 Å². The average Bonchev–Trinajstić information content (AvgIpc) is 3.21. The van der Waals surface area contributed by atoms with E-state index in [0.717, 1.165) is 18.4 Å². The first-order valence-electron chi connectivity index (χ1n) is 10.4. The number of aryl methyl sites for hydroxylation is 1. The van der Waals surface area contributed by atoms with Gasteiger partial charge < -0.3 is 19.2 Å². The maximum atomic E-state index is 12.9. The van der Waals surface area contributed by atoms with Gasteiger partial charge in [0, 0.05) is 11.8 Å². The monoisotopic (exact) mass is 443 g/mol. The molecule has 1 aromatic carbocycles. The average molecular weight is 443 g/mol. The number of hydrogen-bond acceptors (Lipinski definition) is 6. The number of nitrogens with one attached hydrogen (secondary N) is 1. The van der Waals surface area contributed by atoms with Crippen LogP contribution in [0.1, 0.15) is 41.0 Å². The van der Waals surface area contributed by atoms with E-state index >= 15 is 0 Å². The highest BCUT2D eigenvalue weighted by molar-refractivity contribution is 5.93. The molecule has 0 unspecified atom stereocenters. The number of benzene rings is 1. The van der Waals surface area contributed by atoms with Crippen LogP contribution in [0.15, 0.2) is 47.2 Å². The van der Waals surface area contributed by atoms with Crippen LogP contribution in [0.25, 0.3) is 11.5 Å². The Labute approximate surface area is 183 Å². The summed E-state index contributed by atoms with van der Waals surface area (Å²) < 4.78 is 41.6. The second-order valence-corrected chi connectivity index (χ2v) is 7.64. The third-order valence-electron chi connectivity index (χ3n) is 5.31. The third-order valence-corrected chi connectivity index (χ3v) is 5.31. The van der Waals surface area contributed by atoms with E-state index < -0.39 is 6.61 Å². The molecule has 9 heteroatoms. The lowest BCUT2D eigenvalue weighted by Crippen LogP contribution is -2.24. The third kappa shape index (κ3) is 5.22. The second kappa shape index (κ2) is 9.76. The molecule has 4 rings (SSSR count). The van der Waals surface area contributed by atoms with Crippen molar-refractivity contribution in [1.82, 2.24) is 15.3 Å². The molecule has 7 nitrogen and oxygen atoms in total. The van der Waals surface area contributed by atoms with Crippen LogP contribution in [0.4, 0.5) is 8.78 Å². The van der Waals surface area contributed by atoms with Gasteiger partial charge in [-0.25, -0.2) is 4.98 Å². The van der Waals surface area contributed by atoms with Gasteiger partial charge in [0.15, 0.2) is 11.5 Å². The van der Waals surface area contributed by atoms with Crippen molar-refractivity contribution in [1.29, 1.82) is 0 Å². The predicted molar refractivity (Wildman–Crippen MR) is 112 cm³/mol. The molecule has 0 saturated heterocycles. The van der Waals surface area contributed by atoms with E-state index in [0.29, 0.717) is 29.5 Å². The standard InChI is InChI=1S/C23H23F2N3O4/c1-14-4-3-9-26-20(14)21(29)27-11-17-13-31-22(28-17)16-7-8-18(19(10-16)32-23(24)25)30-12-15-5-2-6-15/h3-4,7-10,13,15,23H,2,5-6,11-12H2,1H3,(H,27,29). The number of oxazole rings is 1. The minimum Gasteiger partial charge on any atom is -0.489 e.